The van der Waals surface area contributed by atoms with E-state index in [0.717, 1.165) is 17.4 Å². The molecule has 1 N–H and O–H groups in total. The Morgan fingerprint density at radius 1 is 1.10 bits per heavy atom. The Bertz CT molecular complexity index is 906. The van der Waals surface area contributed by atoms with Crippen LogP contribution in [0.3, 0.4) is 0 Å². The summed E-state index contributed by atoms with van der Waals surface area (Å²) >= 11 is 1.49. The first-order chi connectivity index (χ1) is 13.9. The van der Waals surface area contributed by atoms with Gasteiger partial charge in [-0.2, -0.15) is 0 Å². The van der Waals surface area contributed by atoms with Crippen molar-refractivity contribution in [2.45, 2.75) is 41.8 Å². The highest BCUT2D eigenvalue weighted by molar-refractivity contribution is 8.01. The van der Waals surface area contributed by atoms with E-state index in [0.29, 0.717) is 0 Å². The normalized spacial score (nSPS) is 27.4. The van der Waals surface area contributed by atoms with Gasteiger partial charge in [-0.3, -0.25) is 4.79 Å². The second kappa shape index (κ2) is 7.02. The number of nitrogens with zero attached hydrogens (tertiary/aromatic N) is 1. The molecule has 2 heterocycles. The maximum atomic E-state index is 13.1. The zero-order valence-corrected chi connectivity index (χ0v) is 17.1. The lowest BCUT2D eigenvalue weighted by molar-refractivity contribution is -0.176. The number of carboxylic acids is 1. The Hall–Kier alpha value is -2.60. The number of hydrogen-bond acceptors (Lipinski definition) is 4. The minimum Gasteiger partial charge on any atom is -0.479 e. The largest absolute Gasteiger partial charge is 0.479 e. The molecule has 0 aromatic heterocycles. The van der Waals surface area contributed by atoms with Gasteiger partial charge in [-0.1, -0.05) is 60.7 Å². The van der Waals surface area contributed by atoms with E-state index < -0.39 is 28.1 Å². The molecule has 0 bridgehead atoms. The number of amides is 1. The predicted molar refractivity (Wildman–Crippen MR) is 112 cm³/mol. The summed E-state index contributed by atoms with van der Waals surface area (Å²) in [6.07, 6.45) is 0.875. The SMILES string of the molecule is CC1(C)S[C@@H]2[C@H](CC=O)C(=O)N2[C@]1(C(=O)O)C(c1ccccc1)c1ccccc1. The molecule has 4 rings (SSSR count). The first-order valence-corrected chi connectivity index (χ1v) is 10.5. The van der Waals surface area contributed by atoms with Gasteiger partial charge in [0.15, 0.2) is 5.54 Å². The molecular formula is C23H23NO4S. The molecule has 0 spiro atoms. The molecule has 3 atom stereocenters. The summed E-state index contributed by atoms with van der Waals surface area (Å²) in [5.41, 5.74) is 0.228. The van der Waals surface area contributed by atoms with Gasteiger partial charge in [0.1, 0.15) is 6.29 Å². The fourth-order valence-corrected chi connectivity index (χ4v) is 6.83. The van der Waals surface area contributed by atoms with Crippen molar-refractivity contribution in [3.05, 3.63) is 71.8 Å². The summed E-state index contributed by atoms with van der Waals surface area (Å²) in [6.45, 7) is 3.79. The maximum absolute atomic E-state index is 13.1. The average Bonchev–Trinajstić information content (AvgIpc) is 2.93. The van der Waals surface area contributed by atoms with Crippen molar-refractivity contribution in [1.29, 1.82) is 0 Å². The lowest BCUT2D eigenvalue weighted by atomic mass is 9.65. The molecule has 2 saturated heterocycles. The molecule has 150 valence electrons. The first kappa shape index (κ1) is 19.7. The first-order valence-electron chi connectivity index (χ1n) is 9.64. The second-order valence-corrected chi connectivity index (χ2v) is 9.80. The van der Waals surface area contributed by atoms with Crippen molar-refractivity contribution in [1.82, 2.24) is 4.90 Å². The lowest BCUT2D eigenvalue weighted by Crippen LogP contribution is -2.72. The lowest BCUT2D eigenvalue weighted by Gasteiger charge is -2.53. The molecule has 0 saturated carbocycles. The predicted octanol–water partition coefficient (Wildman–Crippen LogP) is 3.54. The Morgan fingerprint density at radius 3 is 2.07 bits per heavy atom. The van der Waals surface area contributed by atoms with Crippen molar-refractivity contribution in [2.75, 3.05) is 0 Å². The molecule has 2 aliphatic heterocycles. The summed E-state index contributed by atoms with van der Waals surface area (Å²) in [5, 5.41) is 10.4. The molecular weight excluding hydrogens is 386 g/mol. The molecule has 2 aromatic rings. The summed E-state index contributed by atoms with van der Waals surface area (Å²) in [5.74, 6) is -2.27. The molecule has 2 fully saturated rings. The smallest absolute Gasteiger partial charge is 0.332 e. The number of aliphatic carboxylic acids is 1. The van der Waals surface area contributed by atoms with Gasteiger partial charge in [0, 0.05) is 17.1 Å². The molecule has 1 amide bonds. The second-order valence-electron chi connectivity index (χ2n) is 8.06. The van der Waals surface area contributed by atoms with Gasteiger partial charge in [-0.05, 0) is 25.0 Å². The summed E-state index contributed by atoms with van der Waals surface area (Å²) in [7, 11) is 0. The van der Waals surface area contributed by atoms with Gasteiger partial charge in [0.25, 0.3) is 0 Å². The monoisotopic (exact) mass is 409 g/mol. The summed E-state index contributed by atoms with van der Waals surface area (Å²) in [6, 6.07) is 19.0. The zero-order valence-electron chi connectivity index (χ0n) is 16.3. The number of carbonyl (C=O) groups excluding carboxylic acids is 2. The van der Waals surface area contributed by atoms with Crippen LogP contribution in [-0.2, 0) is 14.4 Å². The number of aldehydes is 1. The molecule has 29 heavy (non-hydrogen) atoms. The molecule has 0 radical (unpaired) electrons. The number of thioether (sulfide) groups is 1. The fourth-order valence-electron chi connectivity index (χ4n) is 4.97. The van der Waals surface area contributed by atoms with Crippen LogP contribution in [-0.4, -0.2) is 43.8 Å². The van der Waals surface area contributed by atoms with Gasteiger partial charge < -0.3 is 14.8 Å². The van der Waals surface area contributed by atoms with Crippen LogP contribution in [0, 0.1) is 5.92 Å². The third kappa shape index (κ3) is 2.65. The van der Waals surface area contributed by atoms with Crippen LogP contribution >= 0.6 is 11.8 Å². The molecule has 2 aromatic carbocycles. The van der Waals surface area contributed by atoms with Gasteiger partial charge in [0.2, 0.25) is 5.91 Å². The van der Waals surface area contributed by atoms with E-state index in [9.17, 15) is 19.5 Å². The van der Waals surface area contributed by atoms with Gasteiger partial charge >= 0.3 is 5.97 Å². The number of β-lactam (4-membered cyclic amide) rings is 1. The van der Waals surface area contributed by atoms with Crippen LogP contribution in [0.5, 0.6) is 0 Å². The van der Waals surface area contributed by atoms with Crippen molar-refractivity contribution in [2.24, 2.45) is 5.92 Å². The topological polar surface area (TPSA) is 74.7 Å². The number of fused-ring (bicyclic) bond motifs is 1. The highest BCUT2D eigenvalue weighted by Crippen LogP contribution is 2.64. The molecule has 5 nitrogen and oxygen atoms in total. The Kier molecular flexibility index (Phi) is 4.77. The number of hydrogen-bond donors (Lipinski definition) is 1. The van der Waals surface area contributed by atoms with E-state index >= 15 is 0 Å². The van der Waals surface area contributed by atoms with E-state index in [1.54, 1.807) is 4.90 Å². The van der Waals surface area contributed by atoms with E-state index in [-0.39, 0.29) is 17.7 Å². The van der Waals surface area contributed by atoms with E-state index in [2.05, 4.69) is 0 Å². The number of benzene rings is 2. The maximum Gasteiger partial charge on any atom is 0.332 e. The minimum atomic E-state index is -1.47. The van der Waals surface area contributed by atoms with Gasteiger partial charge in [0.05, 0.1) is 11.3 Å². The minimum absolute atomic E-state index is 0.125. The van der Waals surface area contributed by atoms with E-state index in [1.807, 2.05) is 74.5 Å². The van der Waals surface area contributed by atoms with Crippen LogP contribution in [0.15, 0.2) is 60.7 Å². The van der Waals surface area contributed by atoms with Gasteiger partial charge in [-0.15, -0.1) is 11.8 Å². The molecule has 0 aliphatic carbocycles. The molecule has 0 unspecified atom stereocenters. The Balaban J connectivity index is 1.96. The van der Waals surface area contributed by atoms with Crippen molar-refractivity contribution in [3.63, 3.8) is 0 Å². The third-order valence-corrected chi connectivity index (χ3v) is 7.91. The quantitative estimate of drug-likeness (QED) is 0.583. The fraction of sp³-hybridized carbons (Fsp3) is 0.348. The van der Waals surface area contributed by atoms with Crippen molar-refractivity contribution in [3.8, 4) is 0 Å². The third-order valence-electron chi connectivity index (χ3n) is 6.23. The molecule has 2 aliphatic rings. The van der Waals surface area contributed by atoms with Crippen LogP contribution in [0.2, 0.25) is 0 Å². The summed E-state index contributed by atoms with van der Waals surface area (Å²) < 4.78 is -0.771. The highest BCUT2D eigenvalue weighted by atomic mass is 32.2. The summed E-state index contributed by atoms with van der Waals surface area (Å²) in [4.78, 5) is 38.8. The van der Waals surface area contributed by atoms with Crippen LogP contribution < -0.4 is 0 Å². The van der Waals surface area contributed by atoms with Gasteiger partial charge in [-0.25, -0.2) is 4.79 Å². The number of rotatable bonds is 6. The van der Waals surface area contributed by atoms with Crippen LogP contribution in [0.25, 0.3) is 0 Å². The van der Waals surface area contributed by atoms with Crippen molar-refractivity contribution < 1.29 is 19.5 Å². The van der Waals surface area contributed by atoms with Crippen LogP contribution in [0.4, 0.5) is 0 Å². The Morgan fingerprint density at radius 2 is 1.62 bits per heavy atom. The Labute approximate surface area is 174 Å². The zero-order chi connectivity index (χ0) is 20.8. The van der Waals surface area contributed by atoms with E-state index in [4.69, 9.17) is 0 Å². The van der Waals surface area contributed by atoms with E-state index in [1.165, 1.54) is 11.8 Å². The number of carbonyl (C=O) groups is 3. The van der Waals surface area contributed by atoms with Crippen LogP contribution in [0.1, 0.15) is 37.3 Å². The highest BCUT2D eigenvalue weighted by Gasteiger charge is 2.75. The van der Waals surface area contributed by atoms with Crippen molar-refractivity contribution >= 4 is 29.9 Å². The average molecular weight is 410 g/mol. The molecule has 6 heteroatoms. The number of carboxylic acid groups (broad SMARTS) is 1. The standard InChI is InChI=1S/C23H23NO4S/c1-22(2)23(21(27)28,24-19(26)17(13-14-25)20(24)29-22)18(15-9-5-3-6-10-15)16-11-7-4-8-12-16/h3-12,14,17-18,20H,13H2,1-2H3,(H,27,28)/t17-,20-,23+/m1/s1.